The van der Waals surface area contributed by atoms with Crippen LogP contribution < -0.4 is 0 Å². The third-order valence-electron chi connectivity index (χ3n) is 1.76. The monoisotopic (exact) mass is 253 g/mol. The molecule has 2 nitrogen and oxygen atoms in total. The van der Waals surface area contributed by atoms with E-state index < -0.39 is 0 Å². The minimum Gasteiger partial charge on any atom is -0.295 e. The van der Waals surface area contributed by atoms with Crippen LogP contribution >= 0.6 is 22.9 Å². The summed E-state index contributed by atoms with van der Waals surface area (Å²) in [5, 5.41) is 3.04. The van der Waals surface area contributed by atoms with Gasteiger partial charge < -0.3 is 0 Å². The van der Waals surface area contributed by atoms with Crippen molar-refractivity contribution in [2.45, 2.75) is 13.8 Å². The molecule has 2 aromatic rings. The van der Waals surface area contributed by atoms with Crippen LogP contribution in [-0.4, -0.2) is 11.3 Å². The van der Waals surface area contributed by atoms with Gasteiger partial charge in [0.1, 0.15) is 0 Å². The van der Waals surface area contributed by atoms with E-state index in [0.29, 0.717) is 10.0 Å². The molecule has 0 atom stereocenters. The largest absolute Gasteiger partial charge is 0.295 e. The summed E-state index contributed by atoms with van der Waals surface area (Å²) in [6.45, 7) is 4.00. The summed E-state index contributed by atoms with van der Waals surface area (Å²) >= 11 is 7.09. The summed E-state index contributed by atoms with van der Waals surface area (Å²) in [6.07, 6.45) is 0.754. The molecule has 0 saturated carbocycles. The molecular formula is C12H12ClNOS. The summed E-state index contributed by atoms with van der Waals surface area (Å²) in [4.78, 5) is 14.6. The number of carbonyl (C=O) groups is 1. The van der Waals surface area contributed by atoms with Gasteiger partial charge >= 0.3 is 0 Å². The topological polar surface area (TPSA) is 30.0 Å². The second-order valence-corrected chi connectivity index (χ2v) is 4.02. The highest BCUT2D eigenvalue weighted by molar-refractivity contribution is 7.11. The molecule has 0 N–H and O–H groups in total. The van der Waals surface area contributed by atoms with Crippen LogP contribution in [0.1, 0.15) is 23.6 Å². The summed E-state index contributed by atoms with van der Waals surface area (Å²) < 4.78 is 0. The van der Waals surface area contributed by atoms with E-state index in [-0.39, 0.29) is 0 Å². The Morgan fingerprint density at radius 2 is 1.88 bits per heavy atom. The molecule has 0 aliphatic heterocycles. The van der Waals surface area contributed by atoms with E-state index in [1.807, 2.05) is 31.4 Å². The van der Waals surface area contributed by atoms with Gasteiger partial charge in [0.2, 0.25) is 0 Å². The fourth-order valence-electron chi connectivity index (χ4n) is 1.09. The van der Waals surface area contributed by atoms with E-state index in [2.05, 4.69) is 4.98 Å². The number of thiazole rings is 1. The lowest BCUT2D eigenvalue weighted by Crippen LogP contribution is -1.79. The Morgan fingerprint density at radius 3 is 2.38 bits per heavy atom. The molecule has 2 rings (SSSR count). The van der Waals surface area contributed by atoms with Gasteiger partial charge in [0.15, 0.2) is 11.3 Å². The van der Waals surface area contributed by atoms with Crippen molar-refractivity contribution in [2.75, 3.05) is 0 Å². The van der Waals surface area contributed by atoms with Crippen LogP contribution in [0.15, 0.2) is 29.6 Å². The molecule has 0 aliphatic carbocycles. The molecule has 0 aliphatic rings. The number of aldehydes is 1. The Kier molecular flexibility index (Phi) is 5.15. The van der Waals surface area contributed by atoms with E-state index in [1.54, 1.807) is 12.1 Å². The number of aromatic nitrogens is 1. The van der Waals surface area contributed by atoms with Gasteiger partial charge in [-0.05, 0) is 12.1 Å². The first-order chi connectivity index (χ1) is 7.79. The summed E-state index contributed by atoms with van der Waals surface area (Å²) in [5.74, 6) is 0. The number of halogens is 1. The standard InChI is InChI=1S/C10H6ClNOS.C2H6/c11-8-3-1-7(2-4-8)9-6-14-10(5-13)12-9;1-2/h1-6H;1-2H3. The highest BCUT2D eigenvalue weighted by Crippen LogP contribution is 2.22. The van der Waals surface area contributed by atoms with E-state index >= 15 is 0 Å². The maximum absolute atomic E-state index is 10.4. The molecule has 0 bridgehead atoms. The molecular weight excluding hydrogens is 242 g/mol. The molecule has 0 saturated heterocycles. The van der Waals surface area contributed by atoms with Gasteiger partial charge in [-0.3, -0.25) is 4.79 Å². The smallest absolute Gasteiger partial charge is 0.178 e. The van der Waals surface area contributed by atoms with Gasteiger partial charge in [-0.15, -0.1) is 11.3 Å². The van der Waals surface area contributed by atoms with Gasteiger partial charge in [0.05, 0.1) is 5.69 Å². The van der Waals surface area contributed by atoms with Crippen LogP contribution in [0.25, 0.3) is 11.3 Å². The summed E-state index contributed by atoms with van der Waals surface area (Å²) in [5.41, 5.74) is 1.78. The van der Waals surface area contributed by atoms with Crippen molar-refractivity contribution in [1.29, 1.82) is 0 Å². The van der Waals surface area contributed by atoms with Crippen LogP contribution in [0.2, 0.25) is 5.02 Å². The SMILES string of the molecule is CC.O=Cc1nc(-c2ccc(Cl)cc2)cs1. The third-order valence-corrected chi connectivity index (χ3v) is 2.78. The van der Waals surface area contributed by atoms with Crippen molar-refractivity contribution in [1.82, 2.24) is 4.98 Å². The van der Waals surface area contributed by atoms with Gasteiger partial charge in [-0.2, -0.15) is 0 Å². The number of hydrogen-bond donors (Lipinski definition) is 0. The van der Waals surface area contributed by atoms with Crippen molar-refractivity contribution in [3.8, 4) is 11.3 Å². The lowest BCUT2D eigenvalue weighted by molar-refractivity contribution is 0.112. The fraction of sp³-hybridized carbons (Fsp3) is 0.167. The molecule has 0 amide bonds. The third kappa shape index (κ3) is 3.15. The molecule has 84 valence electrons. The Hall–Kier alpha value is -1.19. The summed E-state index contributed by atoms with van der Waals surface area (Å²) in [6, 6.07) is 7.37. The zero-order chi connectivity index (χ0) is 12.0. The molecule has 16 heavy (non-hydrogen) atoms. The van der Waals surface area contributed by atoms with Crippen LogP contribution in [-0.2, 0) is 0 Å². The van der Waals surface area contributed by atoms with Gasteiger partial charge in [-0.1, -0.05) is 37.6 Å². The Balaban J connectivity index is 0.000000606. The second kappa shape index (κ2) is 6.40. The maximum atomic E-state index is 10.4. The Labute approximate surface area is 104 Å². The van der Waals surface area contributed by atoms with Crippen LogP contribution in [0.5, 0.6) is 0 Å². The molecule has 0 fully saturated rings. The number of nitrogens with zero attached hydrogens (tertiary/aromatic N) is 1. The molecule has 1 aromatic carbocycles. The van der Waals surface area contributed by atoms with Crippen molar-refractivity contribution >= 4 is 29.2 Å². The van der Waals surface area contributed by atoms with Gasteiger partial charge in [0, 0.05) is 16.0 Å². The zero-order valence-corrected chi connectivity index (χ0v) is 10.7. The lowest BCUT2D eigenvalue weighted by Gasteiger charge is -1.95. The molecule has 1 heterocycles. The number of benzene rings is 1. The number of hydrogen-bond acceptors (Lipinski definition) is 3. The summed E-state index contributed by atoms with van der Waals surface area (Å²) in [7, 11) is 0. The van der Waals surface area contributed by atoms with E-state index in [4.69, 9.17) is 11.6 Å². The van der Waals surface area contributed by atoms with Crippen LogP contribution in [0.3, 0.4) is 0 Å². The predicted octanol–water partition coefficient (Wildman–Crippen LogP) is 4.30. The van der Waals surface area contributed by atoms with Gasteiger partial charge in [-0.25, -0.2) is 4.98 Å². The Morgan fingerprint density at radius 1 is 1.25 bits per heavy atom. The van der Waals surface area contributed by atoms with Crippen LogP contribution in [0, 0.1) is 0 Å². The lowest BCUT2D eigenvalue weighted by atomic mass is 10.2. The first-order valence-corrected chi connectivity index (χ1v) is 6.22. The normalized spacial score (nSPS) is 9.19. The van der Waals surface area contributed by atoms with Crippen molar-refractivity contribution in [3.05, 3.63) is 39.7 Å². The van der Waals surface area contributed by atoms with Crippen molar-refractivity contribution in [3.63, 3.8) is 0 Å². The molecule has 0 radical (unpaired) electrons. The van der Waals surface area contributed by atoms with E-state index in [0.717, 1.165) is 17.5 Å². The second-order valence-electron chi connectivity index (χ2n) is 2.70. The highest BCUT2D eigenvalue weighted by Gasteiger charge is 2.02. The molecule has 1 aromatic heterocycles. The van der Waals surface area contributed by atoms with E-state index in [1.165, 1.54) is 11.3 Å². The zero-order valence-electron chi connectivity index (χ0n) is 9.11. The van der Waals surface area contributed by atoms with E-state index in [9.17, 15) is 4.79 Å². The molecule has 0 spiro atoms. The average molecular weight is 254 g/mol. The minimum absolute atomic E-state index is 0.495. The quantitative estimate of drug-likeness (QED) is 0.747. The first-order valence-electron chi connectivity index (χ1n) is 4.96. The van der Waals surface area contributed by atoms with Crippen LogP contribution in [0.4, 0.5) is 0 Å². The molecule has 4 heteroatoms. The fourth-order valence-corrected chi connectivity index (χ4v) is 1.85. The highest BCUT2D eigenvalue weighted by atomic mass is 35.5. The van der Waals surface area contributed by atoms with Crippen molar-refractivity contribution in [2.24, 2.45) is 0 Å². The average Bonchev–Trinajstić information content (AvgIpc) is 2.81. The maximum Gasteiger partial charge on any atom is 0.178 e. The first kappa shape index (κ1) is 12.9. The minimum atomic E-state index is 0.495. The number of carbonyl (C=O) groups excluding carboxylic acids is 1. The number of rotatable bonds is 2. The predicted molar refractivity (Wildman–Crippen MR) is 69.3 cm³/mol. The molecule has 0 unspecified atom stereocenters. The Bertz CT molecular complexity index is 450. The van der Waals surface area contributed by atoms with Gasteiger partial charge in [0.25, 0.3) is 0 Å². The van der Waals surface area contributed by atoms with Crippen molar-refractivity contribution < 1.29 is 4.79 Å².